The molecule has 0 bridgehead atoms. The summed E-state index contributed by atoms with van der Waals surface area (Å²) in [5.74, 6) is 0.252. The maximum Gasteiger partial charge on any atom is 0.225 e. The number of carbonyl (C=O) groups is 1. The molecule has 3 aromatic rings. The second-order valence-corrected chi connectivity index (χ2v) is 6.77. The molecule has 1 aliphatic heterocycles. The number of β-amino-alcohol motifs (C(OH)–C–C–N with tert-alkyl or cyclic N) is 1. The second kappa shape index (κ2) is 5.95. The van der Waals surface area contributed by atoms with Crippen LogP contribution < -0.4 is 0 Å². The first-order valence-electron chi connectivity index (χ1n) is 8.58. The van der Waals surface area contributed by atoms with Crippen molar-refractivity contribution in [1.29, 1.82) is 0 Å². The van der Waals surface area contributed by atoms with Crippen LogP contribution in [0.3, 0.4) is 0 Å². The van der Waals surface area contributed by atoms with E-state index in [1.807, 2.05) is 31.2 Å². The summed E-state index contributed by atoms with van der Waals surface area (Å²) in [6, 6.07) is 16.5. The van der Waals surface area contributed by atoms with Crippen molar-refractivity contribution in [2.45, 2.75) is 26.0 Å². The maximum atomic E-state index is 12.1. The molecule has 1 fully saturated rings. The first kappa shape index (κ1) is 15.2. The van der Waals surface area contributed by atoms with Gasteiger partial charge in [0.2, 0.25) is 5.91 Å². The molecule has 1 N–H and O–H groups in total. The van der Waals surface area contributed by atoms with Gasteiger partial charge in [0.15, 0.2) is 0 Å². The van der Waals surface area contributed by atoms with Crippen molar-refractivity contribution >= 4 is 27.7 Å². The van der Waals surface area contributed by atoms with E-state index in [1.54, 1.807) is 4.90 Å². The Morgan fingerprint density at radius 1 is 1.04 bits per heavy atom. The van der Waals surface area contributed by atoms with Crippen LogP contribution in [0.25, 0.3) is 21.8 Å². The van der Waals surface area contributed by atoms with E-state index in [2.05, 4.69) is 28.8 Å². The fraction of sp³-hybridized carbons (Fsp3) is 0.350. The van der Waals surface area contributed by atoms with E-state index in [1.165, 1.54) is 10.8 Å². The molecule has 0 radical (unpaired) electrons. The third-order valence-corrected chi connectivity index (χ3v) is 5.07. The Hall–Kier alpha value is -2.33. The zero-order chi connectivity index (χ0) is 16.7. The molecule has 2 heterocycles. The monoisotopic (exact) mass is 322 g/mol. The molecular weight excluding hydrogens is 300 g/mol. The number of aliphatic hydroxyl groups excluding tert-OH is 1. The Morgan fingerprint density at radius 2 is 1.62 bits per heavy atom. The van der Waals surface area contributed by atoms with E-state index in [-0.39, 0.29) is 11.8 Å². The van der Waals surface area contributed by atoms with E-state index in [0.717, 1.165) is 24.0 Å². The van der Waals surface area contributed by atoms with Crippen molar-refractivity contribution in [3.05, 3.63) is 48.5 Å². The largest absolute Gasteiger partial charge is 0.389 e. The van der Waals surface area contributed by atoms with Crippen molar-refractivity contribution in [2.75, 3.05) is 13.1 Å². The number of para-hydroxylation sites is 2. The second-order valence-electron chi connectivity index (χ2n) is 6.77. The van der Waals surface area contributed by atoms with E-state index in [4.69, 9.17) is 0 Å². The maximum absolute atomic E-state index is 12.1. The number of aliphatic hydroxyl groups is 1. The van der Waals surface area contributed by atoms with Crippen molar-refractivity contribution < 1.29 is 9.90 Å². The van der Waals surface area contributed by atoms with Gasteiger partial charge in [0, 0.05) is 40.8 Å². The van der Waals surface area contributed by atoms with Gasteiger partial charge in [-0.1, -0.05) is 43.3 Å². The molecule has 1 aliphatic rings. The quantitative estimate of drug-likeness (QED) is 0.802. The summed E-state index contributed by atoms with van der Waals surface area (Å²) >= 11 is 0. The highest BCUT2D eigenvalue weighted by Gasteiger charge is 2.29. The summed E-state index contributed by atoms with van der Waals surface area (Å²) < 4.78 is 2.17. The molecule has 0 aliphatic carbocycles. The Bertz CT molecular complexity index is 846. The molecule has 0 spiro atoms. The van der Waals surface area contributed by atoms with Crippen LogP contribution in [0, 0.1) is 5.92 Å². The number of hydrogen-bond acceptors (Lipinski definition) is 2. The van der Waals surface area contributed by atoms with Gasteiger partial charge in [-0.25, -0.2) is 0 Å². The number of hydrogen-bond donors (Lipinski definition) is 1. The predicted octanol–water partition coefficient (Wildman–Crippen LogP) is 3.02. The average molecular weight is 322 g/mol. The highest BCUT2D eigenvalue weighted by Crippen LogP contribution is 2.29. The molecule has 2 aromatic carbocycles. The molecule has 1 saturated heterocycles. The van der Waals surface area contributed by atoms with Gasteiger partial charge in [-0.3, -0.25) is 4.79 Å². The van der Waals surface area contributed by atoms with Gasteiger partial charge in [0.1, 0.15) is 0 Å². The molecular formula is C20H22N2O2. The minimum atomic E-state index is -0.571. The van der Waals surface area contributed by atoms with Gasteiger partial charge in [-0.15, -0.1) is 0 Å². The van der Waals surface area contributed by atoms with Crippen molar-refractivity contribution in [3.63, 3.8) is 0 Å². The molecule has 1 aromatic heterocycles. The molecule has 0 unspecified atom stereocenters. The summed E-state index contributed by atoms with van der Waals surface area (Å²) in [7, 11) is 0. The third kappa shape index (κ3) is 2.47. The first-order chi connectivity index (χ1) is 11.6. The number of likely N-dealkylation sites (tertiary alicyclic amines) is 1. The van der Waals surface area contributed by atoms with Crippen LogP contribution in [0.15, 0.2) is 48.5 Å². The van der Waals surface area contributed by atoms with Crippen LogP contribution in [-0.4, -0.2) is 39.7 Å². The lowest BCUT2D eigenvalue weighted by Gasteiger charge is -2.21. The average Bonchev–Trinajstić information content (AvgIpc) is 3.08. The zero-order valence-corrected chi connectivity index (χ0v) is 13.9. The van der Waals surface area contributed by atoms with Crippen LogP contribution in [0.2, 0.25) is 0 Å². The molecule has 24 heavy (non-hydrogen) atoms. The fourth-order valence-corrected chi connectivity index (χ4v) is 3.80. The summed E-state index contributed by atoms with van der Waals surface area (Å²) in [6.45, 7) is 3.61. The van der Waals surface area contributed by atoms with E-state index < -0.39 is 6.10 Å². The number of fused-ring (bicyclic) bond motifs is 3. The normalized spacial score (nSPS) is 19.5. The SMILES string of the molecule is C[C@@H]1CCN(C[C@@H](O)Cn2c3ccccc3c3ccccc32)C1=O. The van der Waals surface area contributed by atoms with Gasteiger partial charge >= 0.3 is 0 Å². The number of benzene rings is 2. The van der Waals surface area contributed by atoms with Crippen molar-refractivity contribution in [3.8, 4) is 0 Å². The van der Waals surface area contributed by atoms with Gasteiger partial charge in [0.25, 0.3) is 0 Å². The molecule has 4 rings (SSSR count). The lowest BCUT2D eigenvalue weighted by Crippen LogP contribution is -2.36. The summed E-state index contributed by atoms with van der Waals surface area (Å²) in [5, 5.41) is 13.0. The topological polar surface area (TPSA) is 45.5 Å². The standard InChI is InChI=1S/C20H22N2O2/c1-14-10-11-21(20(14)24)12-15(23)13-22-18-8-4-2-6-16(18)17-7-3-5-9-19(17)22/h2-9,14-15,23H,10-13H2,1H3/t14-,15-/m1/s1. The minimum absolute atomic E-state index is 0.0884. The molecule has 0 saturated carbocycles. The number of amides is 1. The number of aromatic nitrogens is 1. The van der Waals surface area contributed by atoms with Crippen molar-refractivity contribution in [2.24, 2.45) is 5.92 Å². The van der Waals surface area contributed by atoms with Crippen LogP contribution in [0.4, 0.5) is 0 Å². The van der Waals surface area contributed by atoms with E-state index >= 15 is 0 Å². The Morgan fingerprint density at radius 3 is 2.17 bits per heavy atom. The highest BCUT2D eigenvalue weighted by atomic mass is 16.3. The molecule has 2 atom stereocenters. The van der Waals surface area contributed by atoms with Crippen LogP contribution in [0.1, 0.15) is 13.3 Å². The lowest BCUT2D eigenvalue weighted by atomic mass is 10.1. The van der Waals surface area contributed by atoms with Crippen molar-refractivity contribution in [1.82, 2.24) is 9.47 Å². The number of rotatable bonds is 4. The fourth-order valence-electron chi connectivity index (χ4n) is 3.80. The molecule has 4 nitrogen and oxygen atoms in total. The van der Waals surface area contributed by atoms with Gasteiger partial charge in [0.05, 0.1) is 12.6 Å². The molecule has 1 amide bonds. The summed E-state index contributed by atoms with van der Waals surface area (Å²) in [4.78, 5) is 13.9. The van der Waals surface area contributed by atoms with Gasteiger partial charge < -0.3 is 14.6 Å². The van der Waals surface area contributed by atoms with Crippen LogP contribution in [0.5, 0.6) is 0 Å². The Labute approximate surface area is 141 Å². The minimum Gasteiger partial charge on any atom is -0.389 e. The lowest BCUT2D eigenvalue weighted by molar-refractivity contribution is -0.131. The summed E-state index contributed by atoms with van der Waals surface area (Å²) in [5.41, 5.74) is 2.25. The van der Waals surface area contributed by atoms with E-state index in [9.17, 15) is 9.90 Å². The number of nitrogens with zero attached hydrogens (tertiary/aromatic N) is 2. The predicted molar refractivity (Wildman–Crippen MR) is 95.8 cm³/mol. The first-order valence-corrected chi connectivity index (χ1v) is 8.58. The third-order valence-electron chi connectivity index (χ3n) is 5.07. The number of carbonyl (C=O) groups excluding carboxylic acids is 1. The summed E-state index contributed by atoms with van der Waals surface area (Å²) in [6.07, 6.45) is 0.319. The highest BCUT2D eigenvalue weighted by molar-refractivity contribution is 6.07. The smallest absolute Gasteiger partial charge is 0.225 e. The molecule has 4 heteroatoms. The molecule has 124 valence electrons. The Kier molecular flexibility index (Phi) is 3.77. The Balaban J connectivity index is 1.65. The zero-order valence-electron chi connectivity index (χ0n) is 13.9. The van der Waals surface area contributed by atoms with Gasteiger partial charge in [-0.05, 0) is 18.6 Å². The van der Waals surface area contributed by atoms with Crippen LogP contribution >= 0.6 is 0 Å². The van der Waals surface area contributed by atoms with Crippen LogP contribution in [-0.2, 0) is 11.3 Å². The van der Waals surface area contributed by atoms with E-state index in [0.29, 0.717) is 13.1 Å². The van der Waals surface area contributed by atoms with Gasteiger partial charge in [-0.2, -0.15) is 0 Å².